The normalized spacial score (nSPS) is 12.2. The summed E-state index contributed by atoms with van der Waals surface area (Å²) in [4.78, 5) is 21.8. The molecule has 4 rings (SSSR count). The molecule has 0 saturated carbocycles. The van der Waals surface area contributed by atoms with Gasteiger partial charge in [-0.3, -0.25) is 18.6 Å². The topological polar surface area (TPSA) is 64.8 Å². The fourth-order valence-electron chi connectivity index (χ4n) is 2.75. The first kappa shape index (κ1) is 16.4. The van der Waals surface area contributed by atoms with Crippen LogP contribution in [0.1, 0.15) is 5.69 Å². The van der Waals surface area contributed by atoms with Crippen LogP contribution in [0.5, 0.6) is 0 Å². The molecular formula is C20H15N3O2S. The van der Waals surface area contributed by atoms with Crippen molar-refractivity contribution in [2.45, 2.75) is 10.9 Å². The molecule has 2 heterocycles. The van der Waals surface area contributed by atoms with Gasteiger partial charge in [-0.2, -0.15) is 0 Å². The van der Waals surface area contributed by atoms with Gasteiger partial charge in [0, 0.05) is 6.20 Å². The van der Waals surface area contributed by atoms with Gasteiger partial charge >= 0.3 is 0 Å². The van der Waals surface area contributed by atoms with Crippen molar-refractivity contribution >= 4 is 21.7 Å². The molecule has 0 amide bonds. The third-order valence-electron chi connectivity index (χ3n) is 3.97. The monoisotopic (exact) mass is 361 g/mol. The molecule has 0 spiro atoms. The number of para-hydroxylation sites is 2. The van der Waals surface area contributed by atoms with E-state index in [0.717, 1.165) is 0 Å². The lowest BCUT2D eigenvalue weighted by Crippen LogP contribution is -2.25. The SMILES string of the molecule is O=c1c2ccccc2nc([S@@](=O)Cc2ccccn2)n1-c1ccccc1. The Bertz CT molecular complexity index is 1140. The van der Waals surface area contributed by atoms with Crippen molar-refractivity contribution in [3.8, 4) is 5.69 Å². The van der Waals surface area contributed by atoms with Crippen molar-refractivity contribution in [3.05, 3.63) is 95.0 Å². The molecule has 0 fully saturated rings. The van der Waals surface area contributed by atoms with Gasteiger partial charge in [0.1, 0.15) is 0 Å². The van der Waals surface area contributed by atoms with Crippen LogP contribution < -0.4 is 5.56 Å². The molecular weight excluding hydrogens is 346 g/mol. The largest absolute Gasteiger partial charge is 0.268 e. The van der Waals surface area contributed by atoms with E-state index < -0.39 is 10.8 Å². The minimum Gasteiger partial charge on any atom is -0.268 e. The van der Waals surface area contributed by atoms with Crippen LogP contribution in [0.4, 0.5) is 0 Å². The molecule has 0 unspecified atom stereocenters. The number of aromatic nitrogens is 3. The van der Waals surface area contributed by atoms with E-state index in [1.54, 1.807) is 42.6 Å². The summed E-state index contributed by atoms with van der Waals surface area (Å²) in [5.74, 6) is 0.193. The van der Waals surface area contributed by atoms with Crippen LogP contribution in [0.25, 0.3) is 16.6 Å². The minimum atomic E-state index is -1.52. The van der Waals surface area contributed by atoms with E-state index in [9.17, 15) is 9.00 Å². The lowest BCUT2D eigenvalue weighted by Gasteiger charge is -2.13. The number of fused-ring (bicyclic) bond motifs is 1. The maximum absolute atomic E-state index is 13.1. The second-order valence-electron chi connectivity index (χ2n) is 5.70. The van der Waals surface area contributed by atoms with Crippen molar-refractivity contribution in [2.75, 3.05) is 0 Å². The van der Waals surface area contributed by atoms with Crippen LogP contribution in [0.3, 0.4) is 0 Å². The Labute approximate surface area is 152 Å². The van der Waals surface area contributed by atoms with E-state index in [1.807, 2.05) is 36.4 Å². The number of benzene rings is 2. The number of hydrogen-bond donors (Lipinski definition) is 0. The highest BCUT2D eigenvalue weighted by Crippen LogP contribution is 2.17. The Hall–Kier alpha value is -3.12. The first-order valence-corrected chi connectivity index (χ1v) is 9.41. The Morgan fingerprint density at radius 1 is 0.885 bits per heavy atom. The van der Waals surface area contributed by atoms with Gasteiger partial charge in [-0.25, -0.2) is 4.98 Å². The van der Waals surface area contributed by atoms with Crippen molar-refractivity contribution in [2.24, 2.45) is 0 Å². The summed E-state index contributed by atoms with van der Waals surface area (Å²) in [5, 5.41) is 0.723. The molecule has 128 valence electrons. The lowest BCUT2D eigenvalue weighted by molar-refractivity contribution is 0.666. The summed E-state index contributed by atoms with van der Waals surface area (Å²) in [6, 6.07) is 21.7. The van der Waals surface area contributed by atoms with E-state index in [1.165, 1.54) is 4.57 Å². The fraction of sp³-hybridized carbons (Fsp3) is 0.0500. The highest BCUT2D eigenvalue weighted by molar-refractivity contribution is 7.84. The van der Waals surface area contributed by atoms with Crippen molar-refractivity contribution in [1.82, 2.24) is 14.5 Å². The second-order valence-corrected chi connectivity index (χ2v) is 7.04. The molecule has 1 atom stereocenters. The highest BCUT2D eigenvalue weighted by Gasteiger charge is 2.18. The van der Waals surface area contributed by atoms with E-state index in [-0.39, 0.29) is 16.5 Å². The molecule has 5 nitrogen and oxygen atoms in total. The van der Waals surface area contributed by atoms with Crippen LogP contribution in [0.15, 0.2) is 88.9 Å². The quantitative estimate of drug-likeness (QED) is 0.524. The van der Waals surface area contributed by atoms with E-state index >= 15 is 0 Å². The fourth-order valence-corrected chi connectivity index (χ4v) is 3.91. The van der Waals surface area contributed by atoms with Gasteiger partial charge in [-0.1, -0.05) is 36.4 Å². The highest BCUT2D eigenvalue weighted by atomic mass is 32.2. The van der Waals surface area contributed by atoms with Crippen LogP contribution in [0, 0.1) is 0 Å². The van der Waals surface area contributed by atoms with E-state index in [4.69, 9.17) is 0 Å². The molecule has 0 aliphatic rings. The zero-order valence-corrected chi connectivity index (χ0v) is 14.6. The van der Waals surface area contributed by atoms with Gasteiger partial charge in [-0.15, -0.1) is 0 Å². The summed E-state index contributed by atoms with van der Waals surface area (Å²) < 4.78 is 14.5. The first-order valence-electron chi connectivity index (χ1n) is 8.09. The molecule has 0 aliphatic carbocycles. The molecule has 0 bridgehead atoms. The standard InChI is InChI=1S/C20H15N3O2S/c24-19-17-11-4-5-12-18(17)22-20(23(19)16-9-2-1-3-10-16)26(25)14-15-8-6-7-13-21-15/h1-13H,14H2/t26-/m0/s1. The van der Waals surface area contributed by atoms with Gasteiger partial charge in [-0.05, 0) is 36.4 Å². The summed E-state index contributed by atoms with van der Waals surface area (Å²) in [7, 11) is -1.52. The smallest absolute Gasteiger partial charge is 0.266 e. The van der Waals surface area contributed by atoms with Gasteiger partial charge in [0.2, 0.25) is 5.16 Å². The van der Waals surface area contributed by atoms with Crippen molar-refractivity contribution in [1.29, 1.82) is 0 Å². The summed E-state index contributed by atoms with van der Waals surface area (Å²) >= 11 is 0. The lowest BCUT2D eigenvalue weighted by atomic mass is 10.2. The molecule has 0 saturated heterocycles. The Kier molecular flexibility index (Phi) is 4.41. The zero-order valence-electron chi connectivity index (χ0n) is 13.8. The summed E-state index contributed by atoms with van der Waals surface area (Å²) in [5.41, 5.74) is 1.63. The first-order chi connectivity index (χ1) is 12.7. The van der Waals surface area contributed by atoms with Crippen molar-refractivity contribution < 1.29 is 4.21 Å². The number of pyridine rings is 1. The Balaban J connectivity index is 1.92. The maximum Gasteiger partial charge on any atom is 0.266 e. The average molecular weight is 361 g/mol. The summed E-state index contributed by atoms with van der Waals surface area (Å²) in [6.45, 7) is 0. The predicted molar refractivity (Wildman–Crippen MR) is 102 cm³/mol. The number of rotatable bonds is 4. The van der Waals surface area contributed by atoms with Crippen LogP contribution in [-0.4, -0.2) is 18.7 Å². The molecule has 2 aromatic carbocycles. The Morgan fingerprint density at radius 2 is 1.62 bits per heavy atom. The molecule has 6 heteroatoms. The maximum atomic E-state index is 13.1. The predicted octanol–water partition coefficient (Wildman–Crippen LogP) is 3.09. The van der Waals surface area contributed by atoms with Crippen LogP contribution >= 0.6 is 0 Å². The zero-order chi connectivity index (χ0) is 17.9. The number of nitrogens with zero attached hydrogens (tertiary/aromatic N) is 3. The van der Waals surface area contributed by atoms with E-state index in [0.29, 0.717) is 22.3 Å². The van der Waals surface area contributed by atoms with Crippen LogP contribution in [-0.2, 0) is 16.6 Å². The number of hydrogen-bond acceptors (Lipinski definition) is 4. The van der Waals surface area contributed by atoms with Gasteiger partial charge in [0.25, 0.3) is 5.56 Å². The van der Waals surface area contributed by atoms with Gasteiger partial charge in [0.05, 0.1) is 38.8 Å². The Morgan fingerprint density at radius 3 is 2.38 bits per heavy atom. The molecule has 2 aromatic heterocycles. The molecule has 0 N–H and O–H groups in total. The third kappa shape index (κ3) is 3.07. The molecule has 26 heavy (non-hydrogen) atoms. The average Bonchev–Trinajstić information content (AvgIpc) is 2.69. The molecule has 0 radical (unpaired) electrons. The van der Waals surface area contributed by atoms with Gasteiger partial charge < -0.3 is 0 Å². The minimum absolute atomic E-state index is 0.193. The van der Waals surface area contributed by atoms with Crippen LogP contribution in [0.2, 0.25) is 0 Å². The van der Waals surface area contributed by atoms with E-state index in [2.05, 4.69) is 9.97 Å². The second kappa shape index (κ2) is 7.01. The molecule has 0 aliphatic heterocycles. The summed E-state index contributed by atoms with van der Waals surface area (Å²) in [6.07, 6.45) is 1.66. The van der Waals surface area contributed by atoms with Crippen molar-refractivity contribution in [3.63, 3.8) is 0 Å². The molecule has 4 aromatic rings. The third-order valence-corrected chi connectivity index (χ3v) is 5.21. The van der Waals surface area contributed by atoms with Gasteiger partial charge in [0.15, 0.2) is 0 Å².